The van der Waals surface area contributed by atoms with Gasteiger partial charge in [-0.05, 0) is 31.9 Å². The minimum absolute atomic E-state index is 0.0883. The van der Waals surface area contributed by atoms with E-state index in [4.69, 9.17) is 4.74 Å². The molecule has 19 heavy (non-hydrogen) atoms. The van der Waals surface area contributed by atoms with Gasteiger partial charge in [-0.1, -0.05) is 6.07 Å². The number of amides is 2. The standard InChI is InChI=1S/C13H17N3O3/c1-9-3-2-4-11(15-9)16-13(18)14-7-8-19-12(17)10-5-6-10/h2-4,10H,5-8H2,1H3,(H2,14,15,16,18). The smallest absolute Gasteiger partial charge is 0.320 e. The van der Waals surface area contributed by atoms with Crippen LogP contribution in [0.5, 0.6) is 0 Å². The summed E-state index contributed by atoms with van der Waals surface area (Å²) >= 11 is 0. The molecule has 1 aliphatic rings. The Labute approximate surface area is 111 Å². The van der Waals surface area contributed by atoms with E-state index in [0.29, 0.717) is 5.82 Å². The Morgan fingerprint density at radius 1 is 1.42 bits per heavy atom. The maximum absolute atomic E-state index is 11.5. The van der Waals surface area contributed by atoms with Crippen LogP contribution < -0.4 is 10.6 Å². The zero-order chi connectivity index (χ0) is 13.7. The van der Waals surface area contributed by atoms with Gasteiger partial charge in [-0.25, -0.2) is 9.78 Å². The third-order valence-corrected chi connectivity index (χ3v) is 2.67. The summed E-state index contributed by atoms with van der Waals surface area (Å²) in [5, 5.41) is 5.20. The van der Waals surface area contributed by atoms with E-state index in [1.807, 2.05) is 19.1 Å². The number of aryl methyl sites for hydroxylation is 1. The van der Waals surface area contributed by atoms with Gasteiger partial charge in [0, 0.05) is 5.69 Å². The van der Waals surface area contributed by atoms with Gasteiger partial charge < -0.3 is 10.1 Å². The van der Waals surface area contributed by atoms with E-state index in [-0.39, 0.29) is 31.1 Å². The lowest BCUT2D eigenvalue weighted by molar-refractivity contribution is -0.144. The first-order chi connectivity index (χ1) is 9.15. The number of rotatable bonds is 5. The molecule has 1 aromatic heterocycles. The molecule has 1 fully saturated rings. The second kappa shape index (κ2) is 6.17. The lowest BCUT2D eigenvalue weighted by Gasteiger charge is -2.08. The molecule has 0 saturated heterocycles. The molecule has 2 amide bonds. The highest BCUT2D eigenvalue weighted by Crippen LogP contribution is 2.29. The summed E-state index contributed by atoms with van der Waals surface area (Å²) < 4.78 is 4.99. The molecule has 0 aliphatic heterocycles. The van der Waals surface area contributed by atoms with Crippen molar-refractivity contribution >= 4 is 17.8 Å². The van der Waals surface area contributed by atoms with Crippen LogP contribution in [-0.2, 0) is 9.53 Å². The van der Waals surface area contributed by atoms with E-state index in [1.165, 1.54) is 0 Å². The van der Waals surface area contributed by atoms with Crippen LogP contribution in [0.15, 0.2) is 18.2 Å². The molecule has 102 valence electrons. The molecule has 2 rings (SSSR count). The van der Waals surface area contributed by atoms with Gasteiger partial charge in [-0.2, -0.15) is 0 Å². The first-order valence-electron chi connectivity index (χ1n) is 6.30. The van der Waals surface area contributed by atoms with Gasteiger partial charge in [0.1, 0.15) is 12.4 Å². The monoisotopic (exact) mass is 263 g/mol. The van der Waals surface area contributed by atoms with Crippen molar-refractivity contribution in [2.24, 2.45) is 5.92 Å². The Balaban J connectivity index is 1.62. The number of carbonyl (C=O) groups is 2. The second-order valence-electron chi connectivity index (χ2n) is 4.49. The number of ether oxygens (including phenoxy) is 1. The van der Waals surface area contributed by atoms with Gasteiger partial charge in [0.05, 0.1) is 12.5 Å². The maximum atomic E-state index is 11.5. The Hall–Kier alpha value is -2.11. The number of carbonyl (C=O) groups excluding carboxylic acids is 2. The van der Waals surface area contributed by atoms with Gasteiger partial charge in [0.15, 0.2) is 0 Å². The summed E-state index contributed by atoms with van der Waals surface area (Å²) in [4.78, 5) is 26.9. The van der Waals surface area contributed by atoms with Crippen LogP contribution in [0, 0.1) is 12.8 Å². The summed E-state index contributed by atoms with van der Waals surface area (Å²) in [7, 11) is 0. The van der Waals surface area contributed by atoms with Crippen molar-refractivity contribution in [2.45, 2.75) is 19.8 Å². The molecule has 2 N–H and O–H groups in total. The van der Waals surface area contributed by atoms with Crippen molar-refractivity contribution in [3.8, 4) is 0 Å². The Morgan fingerprint density at radius 2 is 2.21 bits per heavy atom. The van der Waals surface area contributed by atoms with Gasteiger partial charge in [-0.15, -0.1) is 0 Å². The molecule has 0 radical (unpaired) electrons. The van der Waals surface area contributed by atoms with Gasteiger partial charge in [0.25, 0.3) is 0 Å². The maximum Gasteiger partial charge on any atom is 0.320 e. The van der Waals surface area contributed by atoms with Gasteiger partial charge in [-0.3, -0.25) is 10.1 Å². The highest BCUT2D eigenvalue weighted by Gasteiger charge is 2.30. The zero-order valence-electron chi connectivity index (χ0n) is 10.8. The summed E-state index contributed by atoms with van der Waals surface area (Å²) in [5.41, 5.74) is 0.830. The fraction of sp³-hybridized carbons (Fsp3) is 0.462. The molecule has 1 aromatic rings. The van der Waals surface area contributed by atoms with Crippen molar-refractivity contribution in [1.29, 1.82) is 0 Å². The third-order valence-electron chi connectivity index (χ3n) is 2.67. The second-order valence-corrected chi connectivity index (χ2v) is 4.49. The van der Waals surface area contributed by atoms with Crippen molar-refractivity contribution in [3.63, 3.8) is 0 Å². The molecule has 1 saturated carbocycles. The molecular formula is C13H17N3O3. The predicted molar refractivity (Wildman–Crippen MR) is 69.7 cm³/mol. The first-order valence-corrected chi connectivity index (χ1v) is 6.30. The molecule has 0 spiro atoms. The minimum Gasteiger partial charge on any atom is -0.464 e. The molecule has 6 heteroatoms. The minimum atomic E-state index is -0.361. The summed E-state index contributed by atoms with van der Waals surface area (Å²) in [6, 6.07) is 5.01. The lowest BCUT2D eigenvalue weighted by Crippen LogP contribution is -2.32. The molecule has 0 bridgehead atoms. The number of urea groups is 1. The van der Waals surface area contributed by atoms with Crippen molar-refractivity contribution in [3.05, 3.63) is 23.9 Å². The molecule has 1 heterocycles. The average molecular weight is 263 g/mol. The van der Waals surface area contributed by atoms with Gasteiger partial charge in [0.2, 0.25) is 0 Å². The number of nitrogens with one attached hydrogen (secondary N) is 2. The molecular weight excluding hydrogens is 246 g/mol. The molecule has 0 aromatic carbocycles. The quantitative estimate of drug-likeness (QED) is 0.622. The number of nitrogens with zero attached hydrogens (tertiary/aromatic N) is 1. The fourth-order valence-electron chi connectivity index (χ4n) is 1.53. The Bertz CT molecular complexity index is 472. The topological polar surface area (TPSA) is 80.3 Å². The number of anilines is 1. The van der Waals surface area contributed by atoms with Crippen LogP contribution in [0.4, 0.5) is 10.6 Å². The Kier molecular flexibility index (Phi) is 4.33. The third kappa shape index (κ3) is 4.57. The largest absolute Gasteiger partial charge is 0.464 e. The summed E-state index contributed by atoms with van der Waals surface area (Å²) in [6.07, 6.45) is 1.84. The molecule has 6 nitrogen and oxygen atoms in total. The van der Waals surface area contributed by atoms with E-state index >= 15 is 0 Å². The number of aromatic nitrogens is 1. The molecule has 0 atom stereocenters. The Morgan fingerprint density at radius 3 is 2.89 bits per heavy atom. The van der Waals surface area contributed by atoms with Crippen LogP contribution in [-0.4, -0.2) is 30.1 Å². The van der Waals surface area contributed by atoms with E-state index in [1.54, 1.807) is 6.07 Å². The highest BCUT2D eigenvalue weighted by molar-refractivity contribution is 5.88. The van der Waals surface area contributed by atoms with E-state index in [9.17, 15) is 9.59 Å². The SMILES string of the molecule is Cc1cccc(NC(=O)NCCOC(=O)C2CC2)n1. The number of hydrogen-bond acceptors (Lipinski definition) is 4. The molecule has 1 aliphatic carbocycles. The van der Waals surface area contributed by atoms with Crippen molar-refractivity contribution < 1.29 is 14.3 Å². The zero-order valence-corrected chi connectivity index (χ0v) is 10.8. The van der Waals surface area contributed by atoms with Crippen LogP contribution >= 0.6 is 0 Å². The lowest BCUT2D eigenvalue weighted by atomic mass is 10.4. The number of pyridine rings is 1. The van der Waals surface area contributed by atoms with E-state index in [2.05, 4.69) is 15.6 Å². The van der Waals surface area contributed by atoms with Crippen LogP contribution in [0.1, 0.15) is 18.5 Å². The number of esters is 1. The van der Waals surface area contributed by atoms with Crippen LogP contribution in [0.2, 0.25) is 0 Å². The van der Waals surface area contributed by atoms with E-state index < -0.39 is 0 Å². The molecule has 0 unspecified atom stereocenters. The highest BCUT2D eigenvalue weighted by atomic mass is 16.5. The normalized spacial score (nSPS) is 13.7. The summed E-state index contributed by atoms with van der Waals surface area (Å²) in [6.45, 7) is 2.33. The van der Waals surface area contributed by atoms with Crippen LogP contribution in [0.3, 0.4) is 0 Å². The van der Waals surface area contributed by atoms with Gasteiger partial charge >= 0.3 is 12.0 Å². The first kappa shape index (κ1) is 13.3. The predicted octanol–water partition coefficient (Wildman–Crippen LogP) is 1.46. The van der Waals surface area contributed by atoms with Crippen molar-refractivity contribution in [1.82, 2.24) is 10.3 Å². The van der Waals surface area contributed by atoms with Crippen molar-refractivity contribution in [2.75, 3.05) is 18.5 Å². The average Bonchev–Trinajstić information content (AvgIpc) is 3.18. The van der Waals surface area contributed by atoms with E-state index in [0.717, 1.165) is 18.5 Å². The summed E-state index contributed by atoms with van der Waals surface area (Å²) in [5.74, 6) is 0.417. The fourth-order valence-corrected chi connectivity index (χ4v) is 1.53. The van der Waals surface area contributed by atoms with Crippen LogP contribution in [0.25, 0.3) is 0 Å². The number of hydrogen-bond donors (Lipinski definition) is 2.